The molecular formula is C18H19NO4. The number of Topliss-reactive ketones (excluding diaryl/α,β-unsaturated/α-hetero) is 1. The van der Waals surface area contributed by atoms with Gasteiger partial charge in [-0.2, -0.15) is 0 Å². The number of methoxy groups -OCH3 is 1. The van der Waals surface area contributed by atoms with E-state index in [0.717, 1.165) is 0 Å². The molecule has 0 bridgehead atoms. The molecule has 0 radical (unpaired) electrons. The molecule has 2 aromatic rings. The molecular weight excluding hydrogens is 294 g/mol. The summed E-state index contributed by atoms with van der Waals surface area (Å²) in [6, 6.07) is 14.0. The van der Waals surface area contributed by atoms with E-state index >= 15 is 0 Å². The van der Waals surface area contributed by atoms with Crippen LogP contribution in [0.1, 0.15) is 24.2 Å². The molecule has 5 nitrogen and oxygen atoms in total. The summed E-state index contributed by atoms with van der Waals surface area (Å²) < 4.78 is 10.9. The van der Waals surface area contributed by atoms with Crippen molar-refractivity contribution in [1.82, 2.24) is 0 Å². The van der Waals surface area contributed by atoms with Crippen LogP contribution in [0.15, 0.2) is 48.5 Å². The topological polar surface area (TPSA) is 64.6 Å². The molecule has 120 valence electrons. The zero-order chi connectivity index (χ0) is 16.8. The van der Waals surface area contributed by atoms with Gasteiger partial charge in [0.05, 0.1) is 7.11 Å². The Labute approximate surface area is 135 Å². The average molecular weight is 313 g/mol. The highest BCUT2D eigenvalue weighted by Crippen LogP contribution is 2.29. The Kier molecular flexibility index (Phi) is 5.36. The quantitative estimate of drug-likeness (QED) is 0.831. The van der Waals surface area contributed by atoms with E-state index in [9.17, 15) is 9.59 Å². The number of carbonyl (C=O) groups is 2. The Hall–Kier alpha value is -2.82. The fourth-order valence-corrected chi connectivity index (χ4v) is 1.99. The molecule has 0 aliphatic rings. The van der Waals surface area contributed by atoms with Gasteiger partial charge in [-0.1, -0.05) is 18.2 Å². The predicted octanol–water partition coefficient (Wildman–Crippen LogP) is 3.30. The lowest BCUT2D eigenvalue weighted by atomic mass is 10.1. The third kappa shape index (κ3) is 4.32. The van der Waals surface area contributed by atoms with Gasteiger partial charge in [0.25, 0.3) is 5.91 Å². The molecule has 0 saturated carbocycles. The van der Waals surface area contributed by atoms with E-state index in [-0.39, 0.29) is 11.7 Å². The van der Waals surface area contributed by atoms with Crippen molar-refractivity contribution in [3.8, 4) is 11.5 Å². The summed E-state index contributed by atoms with van der Waals surface area (Å²) in [5.41, 5.74) is 1.22. The minimum absolute atomic E-state index is 0.0651. The van der Waals surface area contributed by atoms with Crippen LogP contribution in [0.5, 0.6) is 11.5 Å². The Morgan fingerprint density at radius 2 is 1.74 bits per heavy atom. The lowest BCUT2D eigenvalue weighted by molar-refractivity contribution is -0.122. The van der Waals surface area contributed by atoms with E-state index < -0.39 is 6.10 Å². The number of amides is 1. The molecule has 1 atom stereocenters. The third-order valence-corrected chi connectivity index (χ3v) is 3.28. The number of anilines is 1. The lowest BCUT2D eigenvalue weighted by Gasteiger charge is -2.17. The summed E-state index contributed by atoms with van der Waals surface area (Å²) in [6.07, 6.45) is -0.715. The number of para-hydroxylation sites is 1. The van der Waals surface area contributed by atoms with E-state index in [1.54, 1.807) is 37.3 Å². The molecule has 0 spiro atoms. The van der Waals surface area contributed by atoms with Crippen LogP contribution in [0.4, 0.5) is 5.69 Å². The molecule has 5 heteroatoms. The SMILES string of the molecule is COc1cc(C(C)=O)ccc1O[C@H](C)C(=O)Nc1ccccc1. The maximum Gasteiger partial charge on any atom is 0.265 e. The Morgan fingerprint density at radius 3 is 2.35 bits per heavy atom. The number of rotatable bonds is 6. The average Bonchev–Trinajstić information content (AvgIpc) is 2.55. The second-order valence-electron chi connectivity index (χ2n) is 5.04. The summed E-state index contributed by atoms with van der Waals surface area (Å²) in [5.74, 6) is 0.490. The zero-order valence-electron chi connectivity index (χ0n) is 13.3. The normalized spacial score (nSPS) is 11.4. The van der Waals surface area contributed by atoms with Gasteiger partial charge in [0.2, 0.25) is 0 Å². The number of hydrogen-bond donors (Lipinski definition) is 1. The van der Waals surface area contributed by atoms with E-state index in [4.69, 9.17) is 9.47 Å². The fraction of sp³-hybridized carbons (Fsp3) is 0.222. The standard InChI is InChI=1S/C18H19NO4/c1-12(20)14-9-10-16(17(11-14)22-3)23-13(2)18(21)19-15-7-5-4-6-8-15/h4-11,13H,1-3H3,(H,19,21)/t13-/m1/s1. The monoisotopic (exact) mass is 313 g/mol. The smallest absolute Gasteiger partial charge is 0.265 e. The maximum absolute atomic E-state index is 12.2. The molecule has 0 aromatic heterocycles. The van der Waals surface area contributed by atoms with Gasteiger partial charge in [0, 0.05) is 11.3 Å². The number of carbonyl (C=O) groups excluding carboxylic acids is 2. The van der Waals surface area contributed by atoms with Crippen molar-refractivity contribution >= 4 is 17.4 Å². The highest BCUT2D eigenvalue weighted by Gasteiger charge is 2.17. The first-order valence-electron chi connectivity index (χ1n) is 7.23. The summed E-state index contributed by atoms with van der Waals surface area (Å²) in [7, 11) is 1.49. The van der Waals surface area contributed by atoms with Crippen LogP contribution in [0.2, 0.25) is 0 Å². The highest BCUT2D eigenvalue weighted by molar-refractivity contribution is 5.95. The first-order chi connectivity index (χ1) is 11.0. The summed E-state index contributed by atoms with van der Waals surface area (Å²) in [6.45, 7) is 3.13. The Morgan fingerprint density at radius 1 is 1.04 bits per heavy atom. The molecule has 0 unspecified atom stereocenters. The van der Waals surface area contributed by atoms with Crippen molar-refractivity contribution in [1.29, 1.82) is 0 Å². The number of hydrogen-bond acceptors (Lipinski definition) is 4. The second-order valence-corrected chi connectivity index (χ2v) is 5.04. The molecule has 0 saturated heterocycles. The van der Waals surface area contributed by atoms with Gasteiger partial charge >= 0.3 is 0 Å². The Balaban J connectivity index is 2.08. The van der Waals surface area contributed by atoms with Crippen molar-refractivity contribution in [2.24, 2.45) is 0 Å². The van der Waals surface area contributed by atoms with Crippen molar-refractivity contribution in [2.75, 3.05) is 12.4 Å². The van der Waals surface area contributed by atoms with Crippen molar-refractivity contribution in [3.05, 3.63) is 54.1 Å². The first-order valence-corrected chi connectivity index (χ1v) is 7.23. The van der Waals surface area contributed by atoms with Gasteiger partial charge in [-0.05, 0) is 44.2 Å². The number of ether oxygens (including phenoxy) is 2. The van der Waals surface area contributed by atoms with E-state index in [2.05, 4.69) is 5.32 Å². The van der Waals surface area contributed by atoms with Crippen LogP contribution >= 0.6 is 0 Å². The van der Waals surface area contributed by atoms with Crippen LogP contribution in [0, 0.1) is 0 Å². The largest absolute Gasteiger partial charge is 0.493 e. The number of nitrogens with one attached hydrogen (secondary N) is 1. The molecule has 2 aromatic carbocycles. The second kappa shape index (κ2) is 7.45. The van der Waals surface area contributed by atoms with Crippen molar-refractivity contribution < 1.29 is 19.1 Å². The van der Waals surface area contributed by atoms with E-state index in [1.807, 2.05) is 18.2 Å². The molecule has 0 aliphatic carbocycles. The van der Waals surface area contributed by atoms with Crippen LogP contribution in [-0.4, -0.2) is 24.9 Å². The van der Waals surface area contributed by atoms with Gasteiger partial charge < -0.3 is 14.8 Å². The van der Waals surface area contributed by atoms with Crippen LogP contribution in [-0.2, 0) is 4.79 Å². The van der Waals surface area contributed by atoms with Gasteiger partial charge in [-0.25, -0.2) is 0 Å². The summed E-state index contributed by atoms with van der Waals surface area (Å²) >= 11 is 0. The third-order valence-electron chi connectivity index (χ3n) is 3.28. The molecule has 23 heavy (non-hydrogen) atoms. The van der Waals surface area contributed by atoms with E-state index in [0.29, 0.717) is 22.7 Å². The fourth-order valence-electron chi connectivity index (χ4n) is 1.99. The molecule has 0 heterocycles. The van der Waals surface area contributed by atoms with Gasteiger partial charge in [-0.3, -0.25) is 9.59 Å². The van der Waals surface area contributed by atoms with Crippen LogP contribution < -0.4 is 14.8 Å². The van der Waals surface area contributed by atoms with Crippen molar-refractivity contribution in [2.45, 2.75) is 20.0 Å². The van der Waals surface area contributed by atoms with Crippen molar-refractivity contribution in [3.63, 3.8) is 0 Å². The summed E-state index contributed by atoms with van der Waals surface area (Å²) in [5, 5.41) is 2.77. The maximum atomic E-state index is 12.2. The van der Waals surface area contributed by atoms with E-state index in [1.165, 1.54) is 14.0 Å². The predicted molar refractivity (Wildman–Crippen MR) is 88.2 cm³/mol. The number of benzene rings is 2. The van der Waals surface area contributed by atoms with Crippen LogP contribution in [0.25, 0.3) is 0 Å². The molecule has 2 rings (SSSR count). The zero-order valence-corrected chi connectivity index (χ0v) is 13.3. The molecule has 1 amide bonds. The molecule has 1 N–H and O–H groups in total. The van der Waals surface area contributed by atoms with Crippen LogP contribution in [0.3, 0.4) is 0 Å². The lowest BCUT2D eigenvalue weighted by Crippen LogP contribution is -2.30. The number of ketones is 1. The molecule has 0 fully saturated rings. The summed E-state index contributed by atoms with van der Waals surface area (Å²) in [4.78, 5) is 23.6. The highest BCUT2D eigenvalue weighted by atomic mass is 16.5. The van der Waals surface area contributed by atoms with Gasteiger partial charge in [-0.15, -0.1) is 0 Å². The minimum Gasteiger partial charge on any atom is -0.493 e. The van der Waals surface area contributed by atoms with Gasteiger partial charge in [0.15, 0.2) is 23.4 Å². The first kappa shape index (κ1) is 16.5. The van der Waals surface area contributed by atoms with Gasteiger partial charge in [0.1, 0.15) is 0 Å². The molecule has 0 aliphatic heterocycles. The minimum atomic E-state index is -0.715. The Bertz CT molecular complexity index is 697.